The third-order valence-corrected chi connectivity index (χ3v) is 5.53. The third kappa shape index (κ3) is 4.34. The van der Waals surface area contributed by atoms with E-state index in [4.69, 9.17) is 10.8 Å². The number of likely N-dealkylation sites (tertiary alicyclic amines) is 1. The molecule has 2 aromatic carbocycles. The average molecular weight is 521 g/mol. The molecule has 0 bridgehead atoms. The van der Waals surface area contributed by atoms with E-state index in [9.17, 15) is 23.1 Å². The number of anilines is 2. The quantitative estimate of drug-likeness (QED) is 0.438. The largest absolute Gasteiger partial charge is 0.396 e. The summed E-state index contributed by atoms with van der Waals surface area (Å²) >= 11 is 1.91. The van der Waals surface area contributed by atoms with Crippen molar-refractivity contribution in [2.45, 2.75) is 18.1 Å². The van der Waals surface area contributed by atoms with Crippen LogP contribution in [0.25, 0.3) is 0 Å². The van der Waals surface area contributed by atoms with Gasteiger partial charge < -0.3 is 26.2 Å². The Hall–Kier alpha value is -1.89. The minimum Gasteiger partial charge on any atom is -0.396 e. The summed E-state index contributed by atoms with van der Waals surface area (Å²) in [5, 5.41) is 21.8. The van der Waals surface area contributed by atoms with E-state index in [1.807, 2.05) is 22.6 Å². The van der Waals surface area contributed by atoms with Crippen molar-refractivity contribution in [1.29, 1.82) is 0 Å². The van der Waals surface area contributed by atoms with Crippen LogP contribution in [0.5, 0.6) is 0 Å². The number of halogens is 4. The molecule has 1 amide bonds. The Morgan fingerprint density at radius 1 is 1.24 bits per heavy atom. The molecule has 1 fully saturated rings. The Balaban J connectivity index is 1.87. The fourth-order valence-electron chi connectivity index (χ4n) is 3.15. The van der Waals surface area contributed by atoms with Gasteiger partial charge in [0, 0.05) is 16.2 Å². The number of amides is 1. The van der Waals surface area contributed by atoms with Gasteiger partial charge in [-0.1, -0.05) is 0 Å². The minimum atomic E-state index is -1.37. The van der Waals surface area contributed by atoms with Gasteiger partial charge in [0.1, 0.15) is 11.4 Å². The van der Waals surface area contributed by atoms with Crippen LogP contribution < -0.4 is 11.1 Å². The number of rotatable bonds is 6. The van der Waals surface area contributed by atoms with Gasteiger partial charge in [0.25, 0.3) is 5.91 Å². The number of hydrogen-bond acceptors (Lipinski definition) is 5. The highest BCUT2D eigenvalue weighted by Gasteiger charge is 2.48. The van der Waals surface area contributed by atoms with Gasteiger partial charge in [-0.25, -0.2) is 13.2 Å². The molecule has 1 aliphatic rings. The maximum absolute atomic E-state index is 14.5. The van der Waals surface area contributed by atoms with E-state index in [0.29, 0.717) is 3.57 Å². The molecule has 1 aliphatic heterocycles. The smallest absolute Gasteiger partial charge is 0.256 e. The van der Waals surface area contributed by atoms with Crippen LogP contribution >= 0.6 is 22.6 Å². The molecular weight excluding hydrogens is 502 g/mol. The molecule has 5 N–H and O–H groups in total. The Bertz CT molecular complexity index is 938. The Morgan fingerprint density at radius 2 is 1.93 bits per heavy atom. The Labute approximate surface area is 178 Å². The maximum atomic E-state index is 14.5. The van der Waals surface area contributed by atoms with Gasteiger partial charge in [-0.2, -0.15) is 0 Å². The molecule has 0 spiro atoms. The second-order valence-corrected chi connectivity index (χ2v) is 8.16. The highest BCUT2D eigenvalue weighted by atomic mass is 127. The third-order valence-electron chi connectivity index (χ3n) is 4.86. The zero-order valence-electron chi connectivity index (χ0n) is 15.1. The standard InChI is InChI=1S/C19H19F3IN3O3/c20-12-3-2-11(18(28)26-8-19(29,9-26)15(24)5-6-27)17(16(12)22)25-14-4-1-10(23)7-13(14)21/h1-4,7,15,25,27,29H,5-6,8-9,24H2. The fourth-order valence-corrected chi connectivity index (χ4v) is 3.60. The molecule has 156 valence electrons. The molecule has 2 aromatic rings. The van der Waals surface area contributed by atoms with Crippen LogP contribution in [0.15, 0.2) is 30.3 Å². The molecule has 6 nitrogen and oxygen atoms in total. The number of aliphatic hydroxyl groups excluding tert-OH is 1. The zero-order valence-corrected chi connectivity index (χ0v) is 17.3. The molecule has 1 saturated heterocycles. The molecule has 10 heteroatoms. The van der Waals surface area contributed by atoms with Crippen LogP contribution in [-0.2, 0) is 0 Å². The van der Waals surface area contributed by atoms with Crippen molar-refractivity contribution in [1.82, 2.24) is 4.90 Å². The topological polar surface area (TPSA) is 98.8 Å². The Kier molecular flexibility index (Phi) is 6.36. The number of aliphatic hydroxyl groups is 2. The van der Waals surface area contributed by atoms with Gasteiger partial charge in [0.2, 0.25) is 0 Å². The highest BCUT2D eigenvalue weighted by Crippen LogP contribution is 2.32. The molecule has 0 saturated carbocycles. The van der Waals surface area contributed by atoms with E-state index in [2.05, 4.69) is 5.32 Å². The summed E-state index contributed by atoms with van der Waals surface area (Å²) in [6.45, 7) is -0.455. The number of benzene rings is 2. The first-order valence-corrected chi connectivity index (χ1v) is 9.82. The van der Waals surface area contributed by atoms with Gasteiger partial charge in [0.15, 0.2) is 11.6 Å². The lowest BCUT2D eigenvalue weighted by Gasteiger charge is -2.49. The molecule has 1 unspecified atom stereocenters. The summed E-state index contributed by atoms with van der Waals surface area (Å²) in [7, 11) is 0. The van der Waals surface area contributed by atoms with Crippen molar-refractivity contribution < 1.29 is 28.2 Å². The molecule has 0 radical (unpaired) electrons. The van der Waals surface area contributed by atoms with E-state index >= 15 is 0 Å². The number of carbonyl (C=O) groups excluding carboxylic acids is 1. The van der Waals surface area contributed by atoms with Crippen LogP contribution in [0.3, 0.4) is 0 Å². The van der Waals surface area contributed by atoms with E-state index < -0.39 is 40.7 Å². The molecule has 1 heterocycles. The average Bonchev–Trinajstić information content (AvgIpc) is 2.64. The van der Waals surface area contributed by atoms with Gasteiger partial charge in [-0.15, -0.1) is 0 Å². The van der Waals surface area contributed by atoms with Gasteiger partial charge in [-0.05, 0) is 59.3 Å². The maximum Gasteiger partial charge on any atom is 0.256 e. The summed E-state index contributed by atoms with van der Waals surface area (Å²) in [4.78, 5) is 14.0. The predicted octanol–water partition coefficient (Wildman–Crippen LogP) is 2.35. The second kappa shape index (κ2) is 8.46. The van der Waals surface area contributed by atoms with E-state index in [-0.39, 0.29) is 37.4 Å². The van der Waals surface area contributed by atoms with Crippen molar-refractivity contribution in [2.24, 2.45) is 5.73 Å². The first kappa shape index (κ1) is 21.8. The fraction of sp³-hybridized carbons (Fsp3) is 0.316. The van der Waals surface area contributed by atoms with Gasteiger partial charge in [0.05, 0.1) is 30.0 Å². The van der Waals surface area contributed by atoms with Crippen LogP contribution in [-0.4, -0.2) is 52.4 Å². The first-order valence-electron chi connectivity index (χ1n) is 8.74. The lowest BCUT2D eigenvalue weighted by atomic mass is 9.84. The summed E-state index contributed by atoms with van der Waals surface area (Å²) in [6.07, 6.45) is 0.155. The van der Waals surface area contributed by atoms with Crippen LogP contribution in [0.1, 0.15) is 16.8 Å². The number of β-amino-alcohol motifs (C(OH)–C–C–N with tert-alkyl or cyclic N) is 1. The highest BCUT2D eigenvalue weighted by molar-refractivity contribution is 14.1. The number of carbonyl (C=O) groups is 1. The number of nitrogens with zero attached hydrogens (tertiary/aromatic N) is 1. The number of nitrogens with two attached hydrogens (primary N) is 1. The lowest BCUT2D eigenvalue weighted by Crippen LogP contribution is -2.70. The van der Waals surface area contributed by atoms with Gasteiger partial charge in [-0.3, -0.25) is 4.79 Å². The predicted molar refractivity (Wildman–Crippen MR) is 109 cm³/mol. The van der Waals surface area contributed by atoms with Crippen molar-refractivity contribution in [2.75, 3.05) is 25.0 Å². The van der Waals surface area contributed by atoms with Crippen molar-refractivity contribution in [3.8, 4) is 0 Å². The van der Waals surface area contributed by atoms with Crippen LogP contribution in [0.2, 0.25) is 0 Å². The molecule has 3 rings (SSSR count). The summed E-state index contributed by atoms with van der Waals surface area (Å²) in [6, 6.07) is 5.30. The normalized spacial score (nSPS) is 16.3. The first-order chi connectivity index (χ1) is 13.7. The molecule has 0 aromatic heterocycles. The van der Waals surface area contributed by atoms with Crippen molar-refractivity contribution >= 4 is 39.9 Å². The van der Waals surface area contributed by atoms with Crippen molar-refractivity contribution in [3.05, 3.63) is 56.9 Å². The van der Waals surface area contributed by atoms with Crippen LogP contribution in [0.4, 0.5) is 24.5 Å². The Morgan fingerprint density at radius 3 is 2.55 bits per heavy atom. The van der Waals surface area contributed by atoms with E-state index in [1.54, 1.807) is 6.07 Å². The molecule has 1 atom stereocenters. The lowest BCUT2D eigenvalue weighted by molar-refractivity contribution is -0.0996. The summed E-state index contributed by atoms with van der Waals surface area (Å²) in [5.74, 6) is -3.87. The summed E-state index contributed by atoms with van der Waals surface area (Å²) in [5.41, 5.74) is 3.63. The number of hydrogen-bond donors (Lipinski definition) is 4. The van der Waals surface area contributed by atoms with Crippen molar-refractivity contribution in [3.63, 3.8) is 0 Å². The zero-order chi connectivity index (χ0) is 21.3. The molecule has 0 aliphatic carbocycles. The monoisotopic (exact) mass is 521 g/mol. The SMILES string of the molecule is NC(CCO)C1(O)CN(C(=O)c2ccc(F)c(F)c2Nc2ccc(I)cc2F)C1. The molecule has 29 heavy (non-hydrogen) atoms. The van der Waals surface area contributed by atoms with E-state index in [1.165, 1.54) is 17.0 Å². The van der Waals surface area contributed by atoms with Crippen LogP contribution in [0, 0.1) is 21.0 Å². The van der Waals surface area contributed by atoms with Gasteiger partial charge >= 0.3 is 0 Å². The minimum absolute atomic E-state index is 0.117. The van der Waals surface area contributed by atoms with E-state index in [0.717, 1.165) is 12.1 Å². The number of nitrogens with one attached hydrogen (secondary N) is 1. The molecular formula is C19H19F3IN3O3. The summed E-state index contributed by atoms with van der Waals surface area (Å²) < 4.78 is 43.0. The second-order valence-electron chi connectivity index (χ2n) is 6.92.